The van der Waals surface area contributed by atoms with Crippen molar-refractivity contribution in [1.29, 1.82) is 0 Å². The molecular formula is C18H18N4S. The van der Waals surface area contributed by atoms with E-state index in [9.17, 15) is 0 Å². The van der Waals surface area contributed by atoms with E-state index in [2.05, 4.69) is 37.8 Å². The SMILES string of the molecule is C#Cc1ccc2c(n1)SCN2c1cc(CN2CCCC2)ccn1. The molecule has 0 aliphatic carbocycles. The van der Waals surface area contributed by atoms with E-state index in [0.29, 0.717) is 5.69 Å². The molecule has 0 aromatic carbocycles. The third-order valence-corrected chi connectivity index (χ3v) is 5.26. The summed E-state index contributed by atoms with van der Waals surface area (Å²) in [5.74, 6) is 4.42. The van der Waals surface area contributed by atoms with Gasteiger partial charge in [-0.3, -0.25) is 4.90 Å². The molecule has 1 saturated heterocycles. The van der Waals surface area contributed by atoms with E-state index >= 15 is 0 Å². The summed E-state index contributed by atoms with van der Waals surface area (Å²) in [6.07, 6.45) is 9.98. The number of anilines is 2. The summed E-state index contributed by atoms with van der Waals surface area (Å²) in [6, 6.07) is 8.26. The maximum Gasteiger partial charge on any atom is 0.134 e. The van der Waals surface area contributed by atoms with Crippen LogP contribution in [0.1, 0.15) is 24.1 Å². The Morgan fingerprint density at radius 3 is 2.91 bits per heavy atom. The minimum atomic E-state index is 0.689. The first-order valence-electron chi connectivity index (χ1n) is 7.89. The van der Waals surface area contributed by atoms with Gasteiger partial charge in [0.25, 0.3) is 0 Å². The molecule has 0 unspecified atom stereocenters. The van der Waals surface area contributed by atoms with Gasteiger partial charge in [0.2, 0.25) is 0 Å². The maximum absolute atomic E-state index is 5.43. The van der Waals surface area contributed by atoms with Gasteiger partial charge in [0.05, 0.1) is 11.6 Å². The zero-order valence-electron chi connectivity index (χ0n) is 12.9. The minimum Gasteiger partial charge on any atom is -0.314 e. The van der Waals surface area contributed by atoms with Crippen molar-refractivity contribution in [3.63, 3.8) is 0 Å². The molecule has 4 heterocycles. The molecule has 4 rings (SSSR count). The lowest BCUT2D eigenvalue weighted by Crippen LogP contribution is -2.19. The third-order valence-electron chi connectivity index (χ3n) is 4.30. The highest BCUT2D eigenvalue weighted by molar-refractivity contribution is 7.99. The lowest BCUT2D eigenvalue weighted by atomic mass is 10.2. The van der Waals surface area contributed by atoms with Crippen LogP contribution in [0.15, 0.2) is 35.5 Å². The van der Waals surface area contributed by atoms with Gasteiger partial charge in [-0.05, 0) is 55.8 Å². The Balaban J connectivity index is 1.59. The van der Waals surface area contributed by atoms with Crippen molar-refractivity contribution < 1.29 is 0 Å². The highest BCUT2D eigenvalue weighted by Gasteiger charge is 2.24. The molecule has 2 aliphatic rings. The summed E-state index contributed by atoms with van der Waals surface area (Å²) in [4.78, 5) is 13.8. The molecule has 0 saturated carbocycles. The van der Waals surface area contributed by atoms with Crippen molar-refractivity contribution in [2.75, 3.05) is 23.9 Å². The normalized spacial score (nSPS) is 17.3. The van der Waals surface area contributed by atoms with Gasteiger partial charge < -0.3 is 4.90 Å². The molecule has 0 bridgehead atoms. The maximum atomic E-state index is 5.43. The van der Waals surface area contributed by atoms with Crippen LogP contribution in [0, 0.1) is 12.3 Å². The molecule has 0 amide bonds. The fourth-order valence-corrected chi connectivity index (χ4v) is 4.13. The lowest BCUT2D eigenvalue weighted by Gasteiger charge is -2.19. The molecule has 0 atom stereocenters. The highest BCUT2D eigenvalue weighted by Crippen LogP contribution is 2.41. The van der Waals surface area contributed by atoms with Crippen LogP contribution in [0.3, 0.4) is 0 Å². The Morgan fingerprint density at radius 2 is 2.09 bits per heavy atom. The second kappa shape index (κ2) is 6.23. The molecule has 0 N–H and O–H groups in total. The van der Waals surface area contributed by atoms with Crippen LogP contribution < -0.4 is 4.90 Å². The Kier molecular flexibility index (Phi) is 3.94. The molecule has 2 aromatic rings. The molecule has 4 nitrogen and oxygen atoms in total. The number of aromatic nitrogens is 2. The largest absolute Gasteiger partial charge is 0.314 e. The predicted octanol–water partition coefficient (Wildman–Crippen LogP) is 3.26. The second-order valence-electron chi connectivity index (χ2n) is 5.87. The van der Waals surface area contributed by atoms with Crippen LogP contribution in [-0.2, 0) is 6.54 Å². The number of nitrogens with zero attached hydrogens (tertiary/aromatic N) is 4. The van der Waals surface area contributed by atoms with Gasteiger partial charge in [0, 0.05) is 12.7 Å². The molecule has 5 heteroatoms. The quantitative estimate of drug-likeness (QED) is 0.810. The lowest BCUT2D eigenvalue weighted by molar-refractivity contribution is 0.331. The molecule has 2 aliphatic heterocycles. The smallest absolute Gasteiger partial charge is 0.134 e. The predicted molar refractivity (Wildman–Crippen MR) is 93.8 cm³/mol. The zero-order chi connectivity index (χ0) is 15.6. The first kappa shape index (κ1) is 14.6. The average molecular weight is 322 g/mol. The van der Waals surface area contributed by atoms with Gasteiger partial charge >= 0.3 is 0 Å². The van der Waals surface area contributed by atoms with E-state index in [4.69, 9.17) is 6.42 Å². The summed E-state index contributed by atoms with van der Waals surface area (Å²) in [5.41, 5.74) is 3.11. The Bertz CT molecular complexity index is 762. The van der Waals surface area contributed by atoms with Crippen LogP contribution >= 0.6 is 11.8 Å². The van der Waals surface area contributed by atoms with Crippen LogP contribution in [0.4, 0.5) is 11.5 Å². The average Bonchev–Trinajstić information content (AvgIpc) is 3.23. The number of hydrogen-bond acceptors (Lipinski definition) is 5. The van der Waals surface area contributed by atoms with E-state index in [0.717, 1.165) is 29.0 Å². The van der Waals surface area contributed by atoms with Gasteiger partial charge in [-0.1, -0.05) is 17.7 Å². The minimum absolute atomic E-state index is 0.689. The van der Waals surface area contributed by atoms with E-state index in [1.807, 2.05) is 18.3 Å². The van der Waals surface area contributed by atoms with E-state index in [1.54, 1.807) is 11.8 Å². The van der Waals surface area contributed by atoms with Crippen LogP contribution in [0.5, 0.6) is 0 Å². The summed E-state index contributed by atoms with van der Waals surface area (Å²) < 4.78 is 0. The highest BCUT2D eigenvalue weighted by atomic mass is 32.2. The number of thioether (sulfide) groups is 1. The van der Waals surface area contributed by atoms with Crippen molar-refractivity contribution in [3.05, 3.63) is 41.7 Å². The summed E-state index contributed by atoms with van der Waals surface area (Å²) in [7, 11) is 0. The van der Waals surface area contributed by atoms with Gasteiger partial charge in [0.1, 0.15) is 16.5 Å². The summed E-state index contributed by atoms with van der Waals surface area (Å²) >= 11 is 1.71. The molecular weight excluding hydrogens is 304 g/mol. The first-order chi connectivity index (χ1) is 11.3. The Hall–Kier alpha value is -2.03. The van der Waals surface area contributed by atoms with E-state index in [-0.39, 0.29) is 0 Å². The van der Waals surface area contributed by atoms with Gasteiger partial charge in [-0.15, -0.1) is 6.42 Å². The number of likely N-dealkylation sites (tertiary alicyclic amines) is 1. The number of hydrogen-bond donors (Lipinski definition) is 0. The van der Waals surface area contributed by atoms with Crippen molar-refractivity contribution in [2.24, 2.45) is 0 Å². The molecule has 2 aromatic heterocycles. The Morgan fingerprint density at radius 1 is 1.22 bits per heavy atom. The standard InChI is InChI=1S/C18H18N4S/c1-2-15-5-6-16-18(20-15)23-13-22(16)17-11-14(7-8-19-17)12-21-9-3-4-10-21/h1,5-8,11H,3-4,9-10,12-13H2. The van der Waals surface area contributed by atoms with Crippen LogP contribution in [0.25, 0.3) is 0 Å². The molecule has 23 heavy (non-hydrogen) atoms. The number of fused-ring (bicyclic) bond motifs is 1. The van der Waals surface area contributed by atoms with Crippen molar-refractivity contribution >= 4 is 23.3 Å². The Labute approximate surface area is 140 Å². The van der Waals surface area contributed by atoms with Crippen molar-refractivity contribution in [3.8, 4) is 12.3 Å². The molecule has 0 spiro atoms. The number of rotatable bonds is 3. The summed E-state index contributed by atoms with van der Waals surface area (Å²) in [5, 5.41) is 0.993. The third kappa shape index (κ3) is 2.92. The van der Waals surface area contributed by atoms with Crippen LogP contribution in [0.2, 0.25) is 0 Å². The molecule has 116 valence electrons. The summed E-state index contributed by atoms with van der Waals surface area (Å²) in [6.45, 7) is 3.43. The molecule has 0 radical (unpaired) electrons. The number of terminal acetylenes is 1. The van der Waals surface area contributed by atoms with Gasteiger partial charge in [-0.2, -0.15) is 0 Å². The fraction of sp³-hybridized carbons (Fsp3) is 0.333. The van der Waals surface area contributed by atoms with Gasteiger partial charge in [-0.25, -0.2) is 9.97 Å². The van der Waals surface area contributed by atoms with Crippen LogP contribution in [-0.4, -0.2) is 33.8 Å². The monoisotopic (exact) mass is 322 g/mol. The van der Waals surface area contributed by atoms with E-state index < -0.39 is 0 Å². The molecule has 1 fully saturated rings. The first-order valence-corrected chi connectivity index (χ1v) is 8.87. The fourth-order valence-electron chi connectivity index (χ4n) is 3.12. The second-order valence-corrected chi connectivity index (χ2v) is 6.81. The van der Waals surface area contributed by atoms with Crippen molar-refractivity contribution in [1.82, 2.24) is 14.9 Å². The zero-order valence-corrected chi connectivity index (χ0v) is 13.7. The topological polar surface area (TPSA) is 32.3 Å². The van der Waals surface area contributed by atoms with E-state index in [1.165, 1.54) is 31.5 Å². The number of pyridine rings is 2. The van der Waals surface area contributed by atoms with Crippen molar-refractivity contribution in [2.45, 2.75) is 24.4 Å². The van der Waals surface area contributed by atoms with Gasteiger partial charge in [0.15, 0.2) is 0 Å².